The molecule has 2 aromatic carbocycles. The zero-order chi connectivity index (χ0) is 18.0. The van der Waals surface area contributed by atoms with Gasteiger partial charge >= 0.3 is 0 Å². The molecule has 1 spiro atoms. The molecule has 0 bridgehead atoms. The summed E-state index contributed by atoms with van der Waals surface area (Å²) >= 11 is 5.86. The number of carbonyl (C=O) groups is 1. The lowest BCUT2D eigenvalue weighted by molar-refractivity contribution is 0.0122. The number of anilines is 1. The zero-order valence-corrected chi connectivity index (χ0v) is 15.5. The molecular weight excluding hydrogens is 348 g/mol. The van der Waals surface area contributed by atoms with E-state index in [4.69, 9.17) is 16.3 Å². The highest BCUT2D eigenvalue weighted by Gasteiger charge is 2.41. The second kappa shape index (κ2) is 7.39. The quantitative estimate of drug-likeness (QED) is 0.870. The Balaban J connectivity index is 1.33. The molecule has 0 saturated carbocycles. The Morgan fingerprint density at radius 2 is 1.88 bits per heavy atom. The number of hydrogen-bond donors (Lipinski definition) is 1. The predicted octanol–water partition coefficient (Wildman–Crippen LogP) is 4.35. The Morgan fingerprint density at radius 3 is 2.58 bits per heavy atom. The first kappa shape index (κ1) is 17.5. The van der Waals surface area contributed by atoms with Gasteiger partial charge in [0.25, 0.3) is 5.91 Å². The van der Waals surface area contributed by atoms with Crippen molar-refractivity contribution in [2.24, 2.45) is 0 Å². The molecule has 0 radical (unpaired) electrons. The van der Waals surface area contributed by atoms with Crippen LogP contribution in [0.3, 0.4) is 0 Å². The van der Waals surface area contributed by atoms with Crippen LogP contribution in [0.25, 0.3) is 0 Å². The van der Waals surface area contributed by atoms with Crippen LogP contribution in [-0.4, -0.2) is 36.1 Å². The maximum absolute atomic E-state index is 12.3. The van der Waals surface area contributed by atoms with Crippen molar-refractivity contribution >= 4 is 23.2 Å². The lowest BCUT2D eigenvalue weighted by Gasteiger charge is -2.23. The summed E-state index contributed by atoms with van der Waals surface area (Å²) in [6.07, 6.45) is 3.53. The third-order valence-electron chi connectivity index (χ3n) is 5.30. The first-order chi connectivity index (χ1) is 12.6. The Bertz CT molecular complexity index is 768. The van der Waals surface area contributed by atoms with Crippen LogP contribution in [-0.2, 0) is 11.3 Å². The van der Waals surface area contributed by atoms with E-state index in [1.807, 2.05) is 12.1 Å². The number of rotatable bonds is 4. The summed E-state index contributed by atoms with van der Waals surface area (Å²) in [5.41, 5.74) is 2.76. The molecule has 1 amide bonds. The van der Waals surface area contributed by atoms with Crippen molar-refractivity contribution < 1.29 is 9.53 Å². The fourth-order valence-electron chi connectivity index (χ4n) is 3.90. The van der Waals surface area contributed by atoms with E-state index in [2.05, 4.69) is 22.3 Å². The molecular formula is C21H23ClN2O2. The number of ether oxygens (including phenoxy) is 1. The van der Waals surface area contributed by atoms with Crippen LogP contribution in [0, 0.1) is 0 Å². The van der Waals surface area contributed by atoms with E-state index in [1.54, 1.807) is 24.3 Å². The zero-order valence-electron chi connectivity index (χ0n) is 14.7. The van der Waals surface area contributed by atoms with Gasteiger partial charge in [-0.15, -0.1) is 0 Å². The van der Waals surface area contributed by atoms with Gasteiger partial charge in [0.2, 0.25) is 0 Å². The van der Waals surface area contributed by atoms with Crippen molar-refractivity contribution in [1.82, 2.24) is 4.90 Å². The number of likely N-dealkylation sites (tertiary alicyclic amines) is 1. The Labute approximate surface area is 159 Å². The van der Waals surface area contributed by atoms with E-state index >= 15 is 0 Å². The Morgan fingerprint density at radius 1 is 1.12 bits per heavy atom. The predicted molar refractivity (Wildman–Crippen MR) is 104 cm³/mol. The number of nitrogens with zero attached hydrogens (tertiary/aromatic N) is 1. The van der Waals surface area contributed by atoms with Crippen molar-refractivity contribution in [2.75, 3.05) is 25.0 Å². The minimum absolute atomic E-state index is 0.118. The second-order valence-corrected chi connectivity index (χ2v) is 7.69. The van der Waals surface area contributed by atoms with Gasteiger partial charge in [0, 0.05) is 42.5 Å². The van der Waals surface area contributed by atoms with Gasteiger partial charge in [-0.2, -0.15) is 0 Å². The monoisotopic (exact) mass is 370 g/mol. The molecule has 0 aliphatic carbocycles. The molecule has 2 heterocycles. The van der Waals surface area contributed by atoms with Crippen molar-refractivity contribution in [3.8, 4) is 0 Å². The van der Waals surface area contributed by atoms with E-state index in [0.717, 1.165) is 38.3 Å². The fourth-order valence-corrected chi connectivity index (χ4v) is 4.02. The third kappa shape index (κ3) is 3.93. The van der Waals surface area contributed by atoms with Gasteiger partial charge in [-0.25, -0.2) is 0 Å². The van der Waals surface area contributed by atoms with Crippen LogP contribution in [0.5, 0.6) is 0 Å². The standard InChI is InChI=1S/C21H23ClN2O2/c22-18-6-4-17(5-7-18)20(25)23-19-8-2-16(3-9-19)14-24-12-11-21(15-24)10-1-13-26-21/h2-9H,1,10-15H2,(H,23,25). The highest BCUT2D eigenvalue weighted by atomic mass is 35.5. The number of halogens is 1. The lowest BCUT2D eigenvalue weighted by Crippen LogP contribution is -2.32. The minimum atomic E-state index is -0.130. The summed E-state index contributed by atoms with van der Waals surface area (Å²) in [5.74, 6) is -0.130. The molecule has 2 aromatic rings. The highest BCUT2D eigenvalue weighted by molar-refractivity contribution is 6.30. The molecule has 2 saturated heterocycles. The van der Waals surface area contributed by atoms with Crippen LogP contribution < -0.4 is 5.32 Å². The van der Waals surface area contributed by atoms with Gasteiger partial charge in [-0.3, -0.25) is 9.69 Å². The fraction of sp³-hybridized carbons (Fsp3) is 0.381. The van der Waals surface area contributed by atoms with Crippen molar-refractivity contribution in [2.45, 2.75) is 31.4 Å². The van der Waals surface area contributed by atoms with Crippen molar-refractivity contribution in [1.29, 1.82) is 0 Å². The molecule has 1 unspecified atom stereocenters. The molecule has 2 aliphatic heterocycles. The van der Waals surface area contributed by atoms with Crippen LogP contribution in [0.4, 0.5) is 5.69 Å². The SMILES string of the molecule is O=C(Nc1ccc(CN2CCC3(CCCO3)C2)cc1)c1ccc(Cl)cc1. The van der Waals surface area contributed by atoms with E-state index in [-0.39, 0.29) is 11.5 Å². The first-order valence-electron chi connectivity index (χ1n) is 9.14. The summed E-state index contributed by atoms with van der Waals surface area (Å²) in [6, 6.07) is 15.0. The molecule has 1 atom stereocenters. The van der Waals surface area contributed by atoms with E-state index in [0.29, 0.717) is 10.6 Å². The average molecular weight is 371 g/mol. The van der Waals surface area contributed by atoms with Crippen molar-refractivity contribution in [3.63, 3.8) is 0 Å². The van der Waals surface area contributed by atoms with Crippen LogP contribution in [0.15, 0.2) is 48.5 Å². The average Bonchev–Trinajstić information content (AvgIpc) is 3.27. The van der Waals surface area contributed by atoms with Gasteiger partial charge < -0.3 is 10.1 Å². The first-order valence-corrected chi connectivity index (χ1v) is 9.52. The second-order valence-electron chi connectivity index (χ2n) is 7.25. The topological polar surface area (TPSA) is 41.6 Å². The number of amides is 1. The summed E-state index contributed by atoms with van der Waals surface area (Å²) in [7, 11) is 0. The molecule has 4 nitrogen and oxygen atoms in total. The molecule has 0 aromatic heterocycles. The van der Waals surface area contributed by atoms with Crippen LogP contribution >= 0.6 is 11.6 Å². The Kier molecular flexibility index (Phi) is 4.98. The normalized spacial score (nSPS) is 22.8. The number of benzene rings is 2. The molecule has 4 rings (SSSR count). The van der Waals surface area contributed by atoms with Crippen molar-refractivity contribution in [3.05, 3.63) is 64.7 Å². The Hall–Kier alpha value is -1.88. The minimum Gasteiger partial charge on any atom is -0.374 e. The molecule has 2 fully saturated rings. The van der Waals surface area contributed by atoms with Crippen LogP contribution in [0.1, 0.15) is 35.2 Å². The maximum Gasteiger partial charge on any atom is 0.255 e. The van der Waals surface area contributed by atoms with Crippen LogP contribution in [0.2, 0.25) is 5.02 Å². The molecule has 26 heavy (non-hydrogen) atoms. The van der Waals surface area contributed by atoms with E-state index < -0.39 is 0 Å². The molecule has 136 valence electrons. The van der Waals surface area contributed by atoms with E-state index in [1.165, 1.54) is 18.4 Å². The molecule has 1 N–H and O–H groups in total. The smallest absolute Gasteiger partial charge is 0.255 e. The van der Waals surface area contributed by atoms with Gasteiger partial charge in [0.15, 0.2) is 0 Å². The summed E-state index contributed by atoms with van der Waals surface area (Å²) in [5, 5.41) is 3.55. The van der Waals surface area contributed by atoms with Gasteiger partial charge in [0.1, 0.15) is 0 Å². The van der Waals surface area contributed by atoms with Gasteiger partial charge in [-0.1, -0.05) is 23.7 Å². The number of nitrogens with one attached hydrogen (secondary N) is 1. The maximum atomic E-state index is 12.3. The van der Waals surface area contributed by atoms with Gasteiger partial charge in [-0.05, 0) is 61.2 Å². The molecule has 2 aliphatic rings. The van der Waals surface area contributed by atoms with E-state index in [9.17, 15) is 4.79 Å². The number of hydrogen-bond acceptors (Lipinski definition) is 3. The third-order valence-corrected chi connectivity index (χ3v) is 5.56. The summed E-state index contributed by atoms with van der Waals surface area (Å²) in [6.45, 7) is 3.96. The summed E-state index contributed by atoms with van der Waals surface area (Å²) in [4.78, 5) is 14.7. The summed E-state index contributed by atoms with van der Waals surface area (Å²) < 4.78 is 5.98. The van der Waals surface area contributed by atoms with Gasteiger partial charge in [0.05, 0.1) is 5.60 Å². The molecule has 5 heteroatoms. The largest absolute Gasteiger partial charge is 0.374 e. The number of carbonyl (C=O) groups excluding carboxylic acids is 1. The highest BCUT2D eigenvalue weighted by Crippen LogP contribution is 2.35. The lowest BCUT2D eigenvalue weighted by atomic mass is 10.00.